The summed E-state index contributed by atoms with van der Waals surface area (Å²) < 4.78 is 0. The summed E-state index contributed by atoms with van der Waals surface area (Å²) in [7, 11) is 0. The van der Waals surface area contributed by atoms with Gasteiger partial charge in [-0.1, -0.05) is 47.5 Å². The number of benzene rings is 2. The number of Topliss-reactive ketones (excluding diaryl/α,β-unsaturated/α-hetero) is 2. The Balaban J connectivity index is 1.77. The minimum atomic E-state index is 0.159. The van der Waals surface area contributed by atoms with Crippen LogP contribution in [0.25, 0.3) is 0 Å². The molecule has 0 fully saturated rings. The van der Waals surface area contributed by atoms with Crippen LogP contribution in [0, 0.1) is 13.8 Å². The lowest BCUT2D eigenvalue weighted by atomic mass is 10.00. The van der Waals surface area contributed by atoms with Gasteiger partial charge in [-0.2, -0.15) is 0 Å². The summed E-state index contributed by atoms with van der Waals surface area (Å²) in [4.78, 5) is 24.1. The van der Waals surface area contributed by atoms with Crippen LogP contribution in [0.3, 0.4) is 0 Å². The second kappa shape index (κ2) is 7.69. The highest BCUT2D eigenvalue weighted by molar-refractivity contribution is 5.97. The molecule has 0 aliphatic heterocycles. The topological polar surface area (TPSA) is 34.1 Å². The van der Waals surface area contributed by atoms with Gasteiger partial charge in [0.25, 0.3) is 0 Å². The number of carbonyl (C=O) groups is 2. The first kappa shape index (κ1) is 16.2. The zero-order valence-corrected chi connectivity index (χ0v) is 13.3. The molecule has 0 amide bonds. The van der Waals surface area contributed by atoms with Gasteiger partial charge in [0.1, 0.15) is 0 Å². The average Bonchev–Trinajstić information content (AvgIpc) is 2.51. The van der Waals surface area contributed by atoms with Crippen molar-refractivity contribution < 1.29 is 9.59 Å². The van der Waals surface area contributed by atoms with Crippen molar-refractivity contribution in [3.63, 3.8) is 0 Å². The molecule has 22 heavy (non-hydrogen) atoms. The maximum absolute atomic E-state index is 12.1. The van der Waals surface area contributed by atoms with Crippen molar-refractivity contribution in [2.24, 2.45) is 0 Å². The van der Waals surface area contributed by atoms with Crippen LogP contribution in [0.1, 0.15) is 57.5 Å². The molecule has 114 valence electrons. The highest BCUT2D eigenvalue weighted by atomic mass is 16.1. The van der Waals surface area contributed by atoms with E-state index in [-0.39, 0.29) is 11.6 Å². The first-order valence-corrected chi connectivity index (χ1v) is 7.76. The minimum Gasteiger partial charge on any atom is -0.294 e. The van der Waals surface area contributed by atoms with Crippen LogP contribution in [0.5, 0.6) is 0 Å². The van der Waals surface area contributed by atoms with Gasteiger partial charge in [0.05, 0.1) is 0 Å². The van der Waals surface area contributed by atoms with Gasteiger partial charge in [0.2, 0.25) is 0 Å². The van der Waals surface area contributed by atoms with E-state index in [1.807, 2.05) is 62.4 Å². The lowest BCUT2D eigenvalue weighted by Crippen LogP contribution is -2.02. The van der Waals surface area contributed by atoms with Gasteiger partial charge in [-0.05, 0) is 38.8 Å². The fourth-order valence-corrected chi connectivity index (χ4v) is 2.50. The number of aryl methyl sites for hydroxylation is 2. The molecule has 0 atom stereocenters. The molecule has 0 heterocycles. The van der Waals surface area contributed by atoms with Gasteiger partial charge in [0, 0.05) is 24.0 Å². The molecular formula is C20H22O2. The molecule has 0 saturated carbocycles. The molecule has 2 rings (SSSR count). The van der Waals surface area contributed by atoms with E-state index in [1.54, 1.807) is 0 Å². The maximum Gasteiger partial charge on any atom is 0.162 e. The van der Waals surface area contributed by atoms with Crippen molar-refractivity contribution in [2.45, 2.75) is 39.5 Å². The molecule has 0 unspecified atom stereocenters. The molecular weight excluding hydrogens is 272 g/mol. The van der Waals surface area contributed by atoms with Crippen molar-refractivity contribution in [1.82, 2.24) is 0 Å². The number of ketones is 2. The Morgan fingerprint density at radius 2 is 1.14 bits per heavy atom. The van der Waals surface area contributed by atoms with Crippen LogP contribution in [-0.2, 0) is 0 Å². The molecule has 0 aromatic heterocycles. The Labute approximate surface area is 132 Å². The second-order valence-electron chi connectivity index (χ2n) is 5.79. The molecule has 0 radical (unpaired) electrons. The van der Waals surface area contributed by atoms with E-state index in [2.05, 4.69) is 0 Å². The molecule has 0 aliphatic carbocycles. The van der Waals surface area contributed by atoms with Crippen LogP contribution < -0.4 is 0 Å². The Kier molecular flexibility index (Phi) is 5.65. The Morgan fingerprint density at radius 3 is 1.50 bits per heavy atom. The van der Waals surface area contributed by atoms with Gasteiger partial charge in [-0.3, -0.25) is 9.59 Å². The maximum atomic E-state index is 12.1. The Bertz CT molecular complexity index is 611. The summed E-state index contributed by atoms with van der Waals surface area (Å²) in [5, 5.41) is 0. The van der Waals surface area contributed by atoms with E-state index < -0.39 is 0 Å². The summed E-state index contributed by atoms with van der Waals surface area (Å²) in [5.41, 5.74) is 3.73. The monoisotopic (exact) mass is 294 g/mol. The summed E-state index contributed by atoms with van der Waals surface area (Å²) in [6.45, 7) is 3.97. The zero-order valence-electron chi connectivity index (χ0n) is 13.3. The van der Waals surface area contributed by atoms with E-state index in [9.17, 15) is 9.59 Å². The molecule has 0 N–H and O–H groups in total. The molecule has 0 spiro atoms. The highest BCUT2D eigenvalue weighted by Gasteiger charge is 2.08. The summed E-state index contributed by atoms with van der Waals surface area (Å²) in [5.74, 6) is 0.318. The van der Waals surface area contributed by atoms with Gasteiger partial charge < -0.3 is 0 Å². The Morgan fingerprint density at radius 1 is 0.727 bits per heavy atom. The van der Waals surface area contributed by atoms with Gasteiger partial charge >= 0.3 is 0 Å². The number of rotatable bonds is 7. The molecule has 0 bridgehead atoms. The largest absolute Gasteiger partial charge is 0.294 e. The van der Waals surface area contributed by atoms with Crippen molar-refractivity contribution in [2.75, 3.05) is 0 Å². The van der Waals surface area contributed by atoms with Gasteiger partial charge in [0.15, 0.2) is 11.6 Å². The molecule has 0 aliphatic rings. The summed E-state index contributed by atoms with van der Waals surface area (Å²) in [6.07, 6.45) is 2.52. The first-order chi connectivity index (χ1) is 10.6. The first-order valence-electron chi connectivity index (χ1n) is 7.76. The van der Waals surface area contributed by atoms with Crippen molar-refractivity contribution in [3.8, 4) is 0 Å². The lowest BCUT2D eigenvalue weighted by Gasteiger charge is -2.04. The van der Waals surface area contributed by atoms with Crippen LogP contribution in [-0.4, -0.2) is 11.6 Å². The number of carbonyl (C=O) groups excluding carboxylic acids is 2. The van der Waals surface area contributed by atoms with E-state index >= 15 is 0 Å². The molecule has 2 heteroatoms. The van der Waals surface area contributed by atoms with Gasteiger partial charge in [-0.25, -0.2) is 0 Å². The van der Waals surface area contributed by atoms with E-state index in [0.29, 0.717) is 12.8 Å². The van der Waals surface area contributed by atoms with Gasteiger partial charge in [-0.15, -0.1) is 0 Å². The zero-order chi connectivity index (χ0) is 15.9. The lowest BCUT2D eigenvalue weighted by molar-refractivity contribution is 0.0954. The smallest absolute Gasteiger partial charge is 0.162 e. The number of hydrogen-bond acceptors (Lipinski definition) is 2. The summed E-state index contributed by atoms with van der Waals surface area (Å²) >= 11 is 0. The predicted octanol–water partition coefficient (Wildman–Crippen LogP) is 4.93. The predicted molar refractivity (Wildman–Crippen MR) is 89.5 cm³/mol. The van der Waals surface area contributed by atoms with Crippen LogP contribution in [0.4, 0.5) is 0 Å². The molecule has 2 aromatic carbocycles. The quantitative estimate of drug-likeness (QED) is 0.536. The summed E-state index contributed by atoms with van der Waals surface area (Å²) in [6, 6.07) is 15.3. The van der Waals surface area contributed by atoms with Crippen molar-refractivity contribution in [3.05, 3.63) is 70.8 Å². The SMILES string of the molecule is Cc1cccc(C(=O)CCCCC(=O)c2cccc(C)c2)c1. The molecule has 2 nitrogen and oxygen atoms in total. The van der Waals surface area contributed by atoms with E-state index in [1.165, 1.54) is 0 Å². The average molecular weight is 294 g/mol. The van der Waals surface area contributed by atoms with Crippen LogP contribution in [0.2, 0.25) is 0 Å². The van der Waals surface area contributed by atoms with Crippen molar-refractivity contribution in [1.29, 1.82) is 0 Å². The fourth-order valence-electron chi connectivity index (χ4n) is 2.50. The molecule has 0 saturated heterocycles. The third-order valence-corrected chi connectivity index (χ3v) is 3.74. The minimum absolute atomic E-state index is 0.159. The van der Waals surface area contributed by atoms with Crippen LogP contribution in [0.15, 0.2) is 48.5 Å². The highest BCUT2D eigenvalue weighted by Crippen LogP contribution is 2.13. The van der Waals surface area contributed by atoms with Crippen molar-refractivity contribution >= 4 is 11.6 Å². The Hall–Kier alpha value is -2.22. The normalized spacial score (nSPS) is 10.5. The second-order valence-corrected chi connectivity index (χ2v) is 5.79. The van der Waals surface area contributed by atoms with E-state index in [4.69, 9.17) is 0 Å². The number of unbranched alkanes of at least 4 members (excludes halogenated alkanes) is 1. The van der Waals surface area contributed by atoms with E-state index in [0.717, 1.165) is 35.1 Å². The van der Waals surface area contributed by atoms with Crippen LogP contribution >= 0.6 is 0 Å². The number of hydrogen-bond donors (Lipinski definition) is 0. The third-order valence-electron chi connectivity index (χ3n) is 3.74. The third kappa shape index (κ3) is 4.66. The fraction of sp³-hybridized carbons (Fsp3) is 0.300. The molecule has 2 aromatic rings. The standard InChI is InChI=1S/C20H22O2/c1-15-7-5-9-17(13-15)19(21)11-3-4-12-20(22)18-10-6-8-16(2)14-18/h5-10,13-14H,3-4,11-12H2,1-2H3.